The van der Waals surface area contributed by atoms with Crippen molar-refractivity contribution in [3.8, 4) is 0 Å². The molecular weight excluding hydrogens is 267 g/mol. The number of halogens is 1. The number of amides is 1. The number of benzene rings is 1. The van der Waals surface area contributed by atoms with Gasteiger partial charge in [0, 0.05) is 18.7 Å². The van der Waals surface area contributed by atoms with Gasteiger partial charge in [-0.15, -0.1) is 0 Å². The number of hydrogen-bond donors (Lipinski definition) is 2. The molecule has 1 aliphatic rings. The lowest BCUT2D eigenvalue weighted by molar-refractivity contribution is -0.115. The fourth-order valence-corrected chi connectivity index (χ4v) is 2.32. The Morgan fingerprint density at radius 1 is 1.42 bits per heavy atom. The average Bonchev–Trinajstić information content (AvgIpc) is 2.73. The van der Waals surface area contributed by atoms with E-state index in [1.807, 2.05) is 0 Å². The molecule has 0 aromatic heterocycles. The average molecular weight is 280 g/mol. The first kappa shape index (κ1) is 13.8. The maximum Gasteiger partial charge on any atom is 0.264 e. The van der Waals surface area contributed by atoms with Gasteiger partial charge in [-0.05, 0) is 30.3 Å². The standard InChI is InChI=1S/C13H13FN2O2S/c14-10-5-2-1-4-9(10)8-11-12(18)16-13(19-11)15-6-3-7-17/h1-2,4-5,8,17H,3,6-7H2,(H,15,16,18)/b11-8-. The van der Waals surface area contributed by atoms with Gasteiger partial charge in [0.15, 0.2) is 5.17 Å². The predicted molar refractivity (Wildman–Crippen MR) is 74.1 cm³/mol. The van der Waals surface area contributed by atoms with Crippen molar-refractivity contribution in [1.82, 2.24) is 5.32 Å². The summed E-state index contributed by atoms with van der Waals surface area (Å²) in [7, 11) is 0. The van der Waals surface area contributed by atoms with E-state index in [1.165, 1.54) is 23.9 Å². The molecule has 0 atom stereocenters. The lowest BCUT2D eigenvalue weighted by Gasteiger charge is -1.96. The molecule has 0 unspecified atom stereocenters. The normalized spacial score (nSPS) is 19.2. The number of aliphatic hydroxyl groups is 1. The van der Waals surface area contributed by atoms with Crippen molar-refractivity contribution >= 4 is 28.9 Å². The Balaban J connectivity index is 2.12. The zero-order chi connectivity index (χ0) is 13.7. The number of aliphatic imine (C=N–C) groups is 1. The molecule has 1 heterocycles. The molecule has 1 aromatic carbocycles. The highest BCUT2D eigenvalue weighted by atomic mass is 32.2. The van der Waals surface area contributed by atoms with Crippen molar-refractivity contribution in [2.75, 3.05) is 13.2 Å². The van der Waals surface area contributed by atoms with Gasteiger partial charge in [0.05, 0.1) is 4.91 Å². The Labute approximate surface area is 114 Å². The number of carbonyl (C=O) groups excluding carboxylic acids is 1. The number of nitrogens with zero attached hydrogens (tertiary/aromatic N) is 1. The monoisotopic (exact) mass is 280 g/mol. The van der Waals surface area contributed by atoms with E-state index in [2.05, 4.69) is 10.3 Å². The van der Waals surface area contributed by atoms with Crippen LogP contribution in [-0.2, 0) is 4.79 Å². The van der Waals surface area contributed by atoms with E-state index in [9.17, 15) is 9.18 Å². The molecule has 1 aromatic rings. The fraction of sp³-hybridized carbons (Fsp3) is 0.231. The minimum Gasteiger partial charge on any atom is -0.396 e. The zero-order valence-corrected chi connectivity index (χ0v) is 10.9. The predicted octanol–water partition coefficient (Wildman–Crippen LogP) is 1.77. The van der Waals surface area contributed by atoms with Crippen LogP contribution in [0.25, 0.3) is 6.08 Å². The van der Waals surface area contributed by atoms with Gasteiger partial charge in [0.1, 0.15) is 5.82 Å². The molecule has 0 saturated carbocycles. The van der Waals surface area contributed by atoms with Crippen molar-refractivity contribution in [3.63, 3.8) is 0 Å². The van der Waals surface area contributed by atoms with E-state index in [1.54, 1.807) is 18.2 Å². The summed E-state index contributed by atoms with van der Waals surface area (Å²) in [6, 6.07) is 6.27. The van der Waals surface area contributed by atoms with E-state index in [0.717, 1.165) is 0 Å². The summed E-state index contributed by atoms with van der Waals surface area (Å²) in [4.78, 5) is 16.2. The molecule has 0 bridgehead atoms. The lowest BCUT2D eigenvalue weighted by Crippen LogP contribution is -2.20. The van der Waals surface area contributed by atoms with Gasteiger partial charge in [-0.25, -0.2) is 4.39 Å². The van der Waals surface area contributed by atoms with Crippen LogP contribution in [0.3, 0.4) is 0 Å². The van der Waals surface area contributed by atoms with E-state index < -0.39 is 0 Å². The van der Waals surface area contributed by atoms with Gasteiger partial charge in [-0.1, -0.05) is 18.2 Å². The number of aliphatic hydroxyl groups excluding tert-OH is 1. The van der Waals surface area contributed by atoms with Crippen LogP contribution in [0.1, 0.15) is 12.0 Å². The number of carbonyl (C=O) groups is 1. The highest BCUT2D eigenvalue weighted by Gasteiger charge is 2.23. The molecule has 2 rings (SSSR count). The van der Waals surface area contributed by atoms with Crippen molar-refractivity contribution in [2.24, 2.45) is 4.99 Å². The van der Waals surface area contributed by atoms with Gasteiger partial charge < -0.3 is 10.4 Å². The second kappa shape index (κ2) is 6.49. The number of thioether (sulfide) groups is 1. The van der Waals surface area contributed by atoms with Gasteiger partial charge in [0.2, 0.25) is 0 Å². The lowest BCUT2D eigenvalue weighted by atomic mass is 10.2. The van der Waals surface area contributed by atoms with Crippen LogP contribution in [0, 0.1) is 5.82 Å². The molecule has 1 amide bonds. The molecule has 1 saturated heterocycles. The van der Waals surface area contributed by atoms with E-state index in [4.69, 9.17) is 5.11 Å². The molecule has 0 spiro atoms. The van der Waals surface area contributed by atoms with Crippen LogP contribution in [0.5, 0.6) is 0 Å². The van der Waals surface area contributed by atoms with Gasteiger partial charge in [-0.2, -0.15) is 0 Å². The molecule has 100 valence electrons. The van der Waals surface area contributed by atoms with E-state index in [0.29, 0.717) is 28.6 Å². The third-order valence-corrected chi connectivity index (χ3v) is 3.36. The Morgan fingerprint density at radius 3 is 2.95 bits per heavy atom. The van der Waals surface area contributed by atoms with E-state index >= 15 is 0 Å². The number of nitrogens with one attached hydrogen (secondary N) is 1. The molecule has 0 radical (unpaired) electrons. The molecule has 1 aliphatic heterocycles. The second-order valence-corrected chi connectivity index (χ2v) is 4.88. The summed E-state index contributed by atoms with van der Waals surface area (Å²) in [5.41, 5.74) is 0.372. The van der Waals surface area contributed by atoms with Crippen LogP contribution in [0.4, 0.5) is 4.39 Å². The minimum absolute atomic E-state index is 0.0628. The van der Waals surface area contributed by atoms with E-state index in [-0.39, 0.29) is 18.3 Å². The Morgan fingerprint density at radius 2 is 2.21 bits per heavy atom. The number of amidine groups is 1. The maximum absolute atomic E-state index is 13.5. The Kier molecular flexibility index (Phi) is 4.70. The van der Waals surface area contributed by atoms with Gasteiger partial charge >= 0.3 is 0 Å². The van der Waals surface area contributed by atoms with Crippen LogP contribution in [0.2, 0.25) is 0 Å². The number of rotatable bonds is 4. The van der Waals surface area contributed by atoms with Crippen molar-refractivity contribution in [2.45, 2.75) is 6.42 Å². The summed E-state index contributed by atoms with van der Waals surface area (Å²) < 4.78 is 13.5. The smallest absolute Gasteiger partial charge is 0.264 e. The largest absolute Gasteiger partial charge is 0.396 e. The first-order valence-corrected chi connectivity index (χ1v) is 6.63. The molecule has 4 nitrogen and oxygen atoms in total. The summed E-state index contributed by atoms with van der Waals surface area (Å²) in [5.74, 6) is -0.648. The fourth-order valence-electron chi connectivity index (χ4n) is 1.49. The molecule has 6 heteroatoms. The summed E-state index contributed by atoms with van der Waals surface area (Å²) in [5, 5.41) is 11.7. The van der Waals surface area contributed by atoms with Crippen molar-refractivity contribution < 1.29 is 14.3 Å². The van der Waals surface area contributed by atoms with Crippen LogP contribution in [0.15, 0.2) is 34.2 Å². The van der Waals surface area contributed by atoms with Crippen molar-refractivity contribution in [3.05, 3.63) is 40.6 Å². The Bertz CT molecular complexity index is 543. The number of hydrogen-bond acceptors (Lipinski definition) is 4. The first-order valence-electron chi connectivity index (χ1n) is 5.81. The summed E-state index contributed by atoms with van der Waals surface area (Å²) in [6.07, 6.45) is 2.05. The second-order valence-electron chi connectivity index (χ2n) is 3.85. The molecular formula is C13H13FN2O2S. The third kappa shape index (κ3) is 3.65. The summed E-state index contributed by atoms with van der Waals surface area (Å²) in [6.45, 7) is 0.513. The quantitative estimate of drug-likeness (QED) is 0.652. The van der Waals surface area contributed by atoms with Gasteiger partial charge in [-0.3, -0.25) is 9.79 Å². The first-order chi connectivity index (χ1) is 9.20. The molecule has 2 N–H and O–H groups in total. The maximum atomic E-state index is 13.5. The van der Waals surface area contributed by atoms with Crippen LogP contribution < -0.4 is 5.32 Å². The summed E-state index contributed by atoms with van der Waals surface area (Å²) >= 11 is 1.17. The zero-order valence-electron chi connectivity index (χ0n) is 10.1. The third-order valence-electron chi connectivity index (χ3n) is 2.41. The minimum atomic E-state index is -0.367. The topological polar surface area (TPSA) is 61.7 Å². The molecule has 0 aliphatic carbocycles. The van der Waals surface area contributed by atoms with Crippen molar-refractivity contribution in [1.29, 1.82) is 0 Å². The highest BCUT2D eigenvalue weighted by Crippen LogP contribution is 2.26. The highest BCUT2D eigenvalue weighted by molar-refractivity contribution is 8.18. The van der Waals surface area contributed by atoms with Crippen LogP contribution in [-0.4, -0.2) is 29.3 Å². The molecule has 1 fully saturated rings. The van der Waals surface area contributed by atoms with Gasteiger partial charge in [0.25, 0.3) is 5.91 Å². The Hall–Kier alpha value is -1.66. The SMILES string of the molecule is O=C1NC(=NCCCO)S/C1=C\c1ccccc1F. The molecule has 19 heavy (non-hydrogen) atoms. The van der Waals surface area contributed by atoms with Crippen LogP contribution >= 0.6 is 11.8 Å².